The Bertz CT molecular complexity index is 1000. The largest absolute Gasteiger partial charge is 0.433 e. The lowest BCUT2D eigenvalue weighted by molar-refractivity contribution is -0.141. The van der Waals surface area contributed by atoms with Crippen molar-refractivity contribution in [3.05, 3.63) is 59.4 Å². The zero-order valence-electron chi connectivity index (χ0n) is 17.7. The Morgan fingerprint density at radius 2 is 1.67 bits per heavy atom. The topological polar surface area (TPSA) is 53.5 Å². The van der Waals surface area contributed by atoms with Gasteiger partial charge in [0.25, 0.3) is 0 Å². The van der Waals surface area contributed by atoms with Gasteiger partial charge < -0.3 is 4.90 Å². The average Bonchev–Trinajstić information content (AvgIpc) is 3.03. The van der Waals surface area contributed by atoms with E-state index in [1.54, 1.807) is 0 Å². The summed E-state index contributed by atoms with van der Waals surface area (Å²) >= 11 is 0. The van der Waals surface area contributed by atoms with Crippen LogP contribution in [0, 0.1) is 5.92 Å². The second kappa shape index (κ2) is 9.03. The molecule has 0 spiro atoms. The molecule has 2 amide bonds. The number of halogens is 6. The van der Waals surface area contributed by atoms with E-state index in [2.05, 4.69) is 4.98 Å². The molecule has 0 bridgehead atoms. The van der Waals surface area contributed by atoms with E-state index in [0.717, 1.165) is 30.5 Å². The fourth-order valence-corrected chi connectivity index (χ4v) is 3.63. The SMILES string of the molecule is CC(C)[C@H]1CN(c2ccc(C(F)(F)F)nc2)C(=O)N1CC(=O)Cc1ccc(C(F)(F)F)cc1. The van der Waals surface area contributed by atoms with Gasteiger partial charge in [-0.3, -0.25) is 9.69 Å². The van der Waals surface area contributed by atoms with Crippen molar-refractivity contribution in [1.82, 2.24) is 9.88 Å². The van der Waals surface area contributed by atoms with Crippen LogP contribution in [0.2, 0.25) is 0 Å². The summed E-state index contributed by atoms with van der Waals surface area (Å²) in [7, 11) is 0. The van der Waals surface area contributed by atoms with Crippen LogP contribution >= 0.6 is 0 Å². The molecule has 1 saturated heterocycles. The lowest BCUT2D eigenvalue weighted by Crippen LogP contribution is -2.41. The third-order valence-electron chi connectivity index (χ3n) is 5.40. The molecule has 0 aliphatic carbocycles. The molecule has 2 aromatic rings. The summed E-state index contributed by atoms with van der Waals surface area (Å²) in [5.41, 5.74) is -1.35. The molecule has 1 aromatic carbocycles. The molecule has 3 rings (SSSR count). The van der Waals surface area contributed by atoms with Crippen LogP contribution in [0.1, 0.15) is 30.7 Å². The summed E-state index contributed by atoms with van der Waals surface area (Å²) < 4.78 is 76.4. The highest BCUT2D eigenvalue weighted by atomic mass is 19.4. The zero-order chi connectivity index (χ0) is 24.6. The van der Waals surface area contributed by atoms with Gasteiger partial charge in [-0.2, -0.15) is 26.3 Å². The Balaban J connectivity index is 1.72. The second-order valence-corrected chi connectivity index (χ2v) is 8.14. The second-order valence-electron chi connectivity index (χ2n) is 8.14. The summed E-state index contributed by atoms with van der Waals surface area (Å²) in [6.07, 6.45) is -8.28. The molecule has 0 unspecified atom stereocenters. The molecule has 33 heavy (non-hydrogen) atoms. The number of anilines is 1. The van der Waals surface area contributed by atoms with Gasteiger partial charge in [0.15, 0.2) is 5.78 Å². The van der Waals surface area contributed by atoms with Gasteiger partial charge in [-0.25, -0.2) is 9.78 Å². The highest BCUT2D eigenvalue weighted by molar-refractivity contribution is 5.97. The zero-order valence-corrected chi connectivity index (χ0v) is 17.7. The van der Waals surface area contributed by atoms with E-state index >= 15 is 0 Å². The number of carbonyl (C=O) groups excluding carboxylic acids is 2. The lowest BCUT2D eigenvalue weighted by Gasteiger charge is -2.25. The van der Waals surface area contributed by atoms with Crippen LogP contribution in [0.4, 0.5) is 36.8 Å². The highest BCUT2D eigenvalue weighted by Gasteiger charge is 2.41. The van der Waals surface area contributed by atoms with Gasteiger partial charge in [0.05, 0.1) is 30.0 Å². The lowest BCUT2D eigenvalue weighted by atomic mass is 10.0. The quantitative estimate of drug-likeness (QED) is 0.542. The first-order valence-electron chi connectivity index (χ1n) is 10.1. The number of alkyl halides is 6. The summed E-state index contributed by atoms with van der Waals surface area (Å²) in [4.78, 5) is 31.6. The Labute approximate surface area is 186 Å². The number of hydrogen-bond acceptors (Lipinski definition) is 3. The number of pyridine rings is 1. The Kier molecular flexibility index (Phi) is 6.71. The first-order valence-corrected chi connectivity index (χ1v) is 10.1. The van der Waals surface area contributed by atoms with Gasteiger partial charge >= 0.3 is 18.4 Å². The minimum Gasteiger partial charge on any atom is -0.312 e. The van der Waals surface area contributed by atoms with Gasteiger partial charge in [0.2, 0.25) is 0 Å². The van der Waals surface area contributed by atoms with E-state index < -0.39 is 29.6 Å². The minimum absolute atomic E-state index is 0.0553. The summed E-state index contributed by atoms with van der Waals surface area (Å²) in [6, 6.07) is 5.22. The van der Waals surface area contributed by atoms with E-state index in [1.807, 2.05) is 13.8 Å². The van der Waals surface area contributed by atoms with Crippen molar-refractivity contribution >= 4 is 17.5 Å². The molecule has 1 aliphatic heterocycles. The van der Waals surface area contributed by atoms with Crippen molar-refractivity contribution in [2.45, 2.75) is 38.7 Å². The van der Waals surface area contributed by atoms with E-state index in [9.17, 15) is 35.9 Å². The fraction of sp³-hybridized carbons (Fsp3) is 0.409. The number of hydrogen-bond donors (Lipinski definition) is 0. The molecule has 1 atom stereocenters. The summed E-state index contributed by atoms with van der Waals surface area (Å²) in [6.45, 7) is 3.59. The average molecular weight is 473 g/mol. The van der Waals surface area contributed by atoms with E-state index in [0.29, 0.717) is 5.56 Å². The van der Waals surface area contributed by atoms with Crippen molar-refractivity contribution in [2.75, 3.05) is 18.0 Å². The molecule has 11 heteroatoms. The monoisotopic (exact) mass is 473 g/mol. The van der Waals surface area contributed by atoms with Gasteiger partial charge in [0, 0.05) is 13.0 Å². The van der Waals surface area contributed by atoms with Crippen LogP contribution in [0.25, 0.3) is 0 Å². The van der Waals surface area contributed by atoms with E-state index in [4.69, 9.17) is 0 Å². The molecule has 0 radical (unpaired) electrons. The maximum Gasteiger partial charge on any atom is 0.433 e. The van der Waals surface area contributed by atoms with Crippen molar-refractivity contribution in [2.24, 2.45) is 5.92 Å². The number of amides is 2. The number of ketones is 1. The number of carbonyl (C=O) groups is 2. The third kappa shape index (κ3) is 5.63. The van der Waals surface area contributed by atoms with E-state index in [-0.39, 0.29) is 42.9 Å². The number of Topliss-reactive ketones (excluding diaryl/α,β-unsaturated/α-hetero) is 1. The van der Waals surface area contributed by atoms with Gasteiger partial charge in [-0.05, 0) is 35.7 Å². The van der Waals surface area contributed by atoms with Crippen LogP contribution in [0.15, 0.2) is 42.6 Å². The number of rotatable bonds is 6. The maximum absolute atomic E-state index is 13.0. The first kappa shape index (κ1) is 24.5. The van der Waals surface area contributed by atoms with E-state index in [1.165, 1.54) is 21.9 Å². The standard InChI is InChI=1S/C22H21F6N3O2/c1-13(2)18-12-30(16-7-8-19(29-10-16)22(26,27)28)20(33)31(18)11-17(32)9-14-3-5-15(6-4-14)21(23,24)25/h3-8,10,13,18H,9,11-12H2,1-2H3/t18-/m1/s1. The van der Waals surface area contributed by atoms with Crippen LogP contribution < -0.4 is 4.90 Å². The molecule has 1 fully saturated rings. The first-order chi connectivity index (χ1) is 15.3. The highest BCUT2D eigenvalue weighted by Crippen LogP contribution is 2.32. The summed E-state index contributed by atoms with van der Waals surface area (Å²) in [5.74, 6) is -0.429. The Hall–Kier alpha value is -3.11. The van der Waals surface area contributed by atoms with Crippen LogP contribution in [0.5, 0.6) is 0 Å². The molecular weight excluding hydrogens is 452 g/mol. The Morgan fingerprint density at radius 1 is 1.03 bits per heavy atom. The predicted octanol–water partition coefficient (Wildman–Crippen LogP) is 5.20. The molecule has 0 saturated carbocycles. The Morgan fingerprint density at radius 3 is 2.15 bits per heavy atom. The van der Waals surface area contributed by atoms with Crippen molar-refractivity contribution in [3.8, 4) is 0 Å². The van der Waals surface area contributed by atoms with Crippen molar-refractivity contribution in [3.63, 3.8) is 0 Å². The van der Waals surface area contributed by atoms with Crippen LogP contribution in [-0.2, 0) is 23.6 Å². The van der Waals surface area contributed by atoms with Crippen LogP contribution in [-0.4, -0.2) is 40.8 Å². The molecule has 178 valence electrons. The minimum atomic E-state index is -4.61. The van der Waals surface area contributed by atoms with Gasteiger partial charge in [-0.1, -0.05) is 26.0 Å². The molecular formula is C22H21F6N3O2. The molecule has 1 aliphatic rings. The molecule has 1 aromatic heterocycles. The smallest absolute Gasteiger partial charge is 0.312 e. The van der Waals surface area contributed by atoms with Crippen molar-refractivity contribution in [1.29, 1.82) is 0 Å². The molecule has 5 nitrogen and oxygen atoms in total. The molecule has 0 N–H and O–H groups in total. The van der Waals surface area contributed by atoms with Crippen LogP contribution in [0.3, 0.4) is 0 Å². The predicted molar refractivity (Wildman–Crippen MR) is 107 cm³/mol. The number of aromatic nitrogens is 1. The third-order valence-corrected chi connectivity index (χ3v) is 5.40. The normalized spacial score (nSPS) is 17.2. The number of benzene rings is 1. The number of nitrogens with zero attached hydrogens (tertiary/aromatic N) is 3. The molecule has 2 heterocycles. The fourth-order valence-electron chi connectivity index (χ4n) is 3.63. The number of urea groups is 1. The summed E-state index contributed by atoms with van der Waals surface area (Å²) in [5, 5.41) is 0. The van der Waals surface area contributed by atoms with Gasteiger partial charge in [0.1, 0.15) is 5.69 Å². The van der Waals surface area contributed by atoms with Gasteiger partial charge in [-0.15, -0.1) is 0 Å². The maximum atomic E-state index is 13.0. The van der Waals surface area contributed by atoms with Crippen molar-refractivity contribution < 1.29 is 35.9 Å².